The van der Waals surface area contributed by atoms with Crippen molar-refractivity contribution in [2.24, 2.45) is 11.8 Å². The molecular weight excluding hydrogens is 176 g/mol. The Morgan fingerprint density at radius 2 is 1.23 bits per heavy atom. The molecule has 0 N–H and O–H groups in total. The van der Waals surface area contributed by atoms with Gasteiger partial charge in [-0.15, -0.1) is 0 Å². The highest BCUT2D eigenvalue weighted by atomic mass is 16.6. The summed E-state index contributed by atoms with van der Waals surface area (Å²) in [5.74, 6) is -0.0919. The first-order valence-electron chi connectivity index (χ1n) is 4.36. The summed E-state index contributed by atoms with van der Waals surface area (Å²) >= 11 is 0. The molecule has 0 aromatic rings. The van der Waals surface area contributed by atoms with Crippen LogP contribution in [-0.4, -0.2) is 21.9 Å². The van der Waals surface area contributed by atoms with Crippen LogP contribution in [0.3, 0.4) is 0 Å². The Morgan fingerprint density at radius 1 is 0.846 bits per heavy atom. The van der Waals surface area contributed by atoms with Gasteiger partial charge in [-0.25, -0.2) is 0 Å². The summed E-state index contributed by atoms with van der Waals surface area (Å²) in [5.41, 5.74) is 0. The molecule has 2 saturated carbocycles. The lowest BCUT2D eigenvalue weighted by molar-refractivity contribution is -0.556. The Labute approximate surface area is 74.2 Å². The van der Waals surface area contributed by atoms with Crippen LogP contribution in [0.1, 0.15) is 19.3 Å². The van der Waals surface area contributed by atoms with Crippen LogP contribution < -0.4 is 0 Å². The Morgan fingerprint density at radius 3 is 1.46 bits per heavy atom. The van der Waals surface area contributed by atoms with Gasteiger partial charge in [0.05, 0.1) is 0 Å². The van der Waals surface area contributed by atoms with Crippen molar-refractivity contribution < 1.29 is 9.85 Å². The second-order valence-corrected chi connectivity index (χ2v) is 3.93. The van der Waals surface area contributed by atoms with Crippen LogP contribution in [-0.2, 0) is 0 Å². The lowest BCUT2D eigenvalue weighted by Crippen LogP contribution is -2.34. The van der Waals surface area contributed by atoms with Gasteiger partial charge in [0.25, 0.3) is 0 Å². The third-order valence-corrected chi connectivity index (χ3v) is 3.32. The molecule has 2 aliphatic carbocycles. The van der Waals surface area contributed by atoms with Crippen LogP contribution in [0.15, 0.2) is 0 Å². The first-order valence-corrected chi connectivity index (χ1v) is 4.36. The molecule has 13 heavy (non-hydrogen) atoms. The van der Waals surface area contributed by atoms with Gasteiger partial charge in [-0.1, -0.05) is 0 Å². The SMILES string of the molecule is O=[N+]([O-])C1CC2CC1CC2[N+](=O)[O-]. The van der Waals surface area contributed by atoms with Gasteiger partial charge in [0.15, 0.2) is 0 Å². The van der Waals surface area contributed by atoms with Crippen LogP contribution >= 0.6 is 0 Å². The van der Waals surface area contributed by atoms with E-state index in [0.29, 0.717) is 19.3 Å². The van der Waals surface area contributed by atoms with Crippen LogP contribution in [0.2, 0.25) is 0 Å². The summed E-state index contributed by atoms with van der Waals surface area (Å²) in [6, 6.07) is -1.03. The minimum Gasteiger partial charge on any atom is -0.264 e. The maximum absolute atomic E-state index is 10.5. The Balaban J connectivity index is 2.07. The Hall–Kier alpha value is -1.20. The van der Waals surface area contributed by atoms with Gasteiger partial charge in [-0.05, 0) is 6.42 Å². The van der Waals surface area contributed by atoms with Crippen LogP contribution in [0.25, 0.3) is 0 Å². The third-order valence-electron chi connectivity index (χ3n) is 3.32. The summed E-state index contributed by atoms with van der Waals surface area (Å²) < 4.78 is 0. The van der Waals surface area contributed by atoms with Crippen molar-refractivity contribution in [3.63, 3.8) is 0 Å². The molecule has 2 rings (SSSR count). The normalized spacial score (nSPS) is 42.2. The van der Waals surface area contributed by atoms with Gasteiger partial charge in [0.1, 0.15) is 0 Å². The molecule has 4 atom stereocenters. The fourth-order valence-corrected chi connectivity index (χ4v) is 2.73. The summed E-state index contributed by atoms with van der Waals surface area (Å²) in [7, 11) is 0. The molecule has 0 radical (unpaired) electrons. The molecule has 4 unspecified atom stereocenters. The summed E-state index contributed by atoms with van der Waals surface area (Å²) in [5, 5.41) is 21.0. The fourth-order valence-electron chi connectivity index (χ4n) is 2.73. The molecule has 6 nitrogen and oxygen atoms in total. The smallest absolute Gasteiger partial charge is 0.216 e. The standard InChI is InChI=1S/C7H10N2O4/c10-8(11)6-2-4-1-5(6)3-7(4)9(12)13/h4-7H,1-3H2. The van der Waals surface area contributed by atoms with Gasteiger partial charge in [-0.2, -0.15) is 0 Å². The zero-order valence-corrected chi connectivity index (χ0v) is 6.96. The molecular formula is C7H10N2O4. The highest BCUT2D eigenvalue weighted by molar-refractivity contribution is 4.95. The highest BCUT2D eigenvalue weighted by Gasteiger charge is 2.56. The van der Waals surface area contributed by atoms with Crippen molar-refractivity contribution in [3.05, 3.63) is 20.2 Å². The maximum atomic E-state index is 10.5. The van der Waals surface area contributed by atoms with E-state index in [2.05, 4.69) is 0 Å². The monoisotopic (exact) mass is 186 g/mol. The van der Waals surface area contributed by atoms with Gasteiger partial charge < -0.3 is 0 Å². The molecule has 2 fully saturated rings. The molecule has 0 amide bonds. The van der Waals surface area contributed by atoms with E-state index in [4.69, 9.17) is 0 Å². The molecule has 0 aromatic heterocycles. The lowest BCUT2D eigenvalue weighted by Gasteiger charge is -2.17. The zero-order valence-electron chi connectivity index (χ0n) is 6.96. The minimum atomic E-state index is -0.513. The predicted octanol–water partition coefficient (Wildman–Crippen LogP) is 0.707. The minimum absolute atomic E-state index is 0.0459. The van der Waals surface area contributed by atoms with Crippen molar-refractivity contribution in [1.82, 2.24) is 0 Å². The topological polar surface area (TPSA) is 86.3 Å². The van der Waals surface area contributed by atoms with Crippen molar-refractivity contribution in [1.29, 1.82) is 0 Å². The molecule has 0 saturated heterocycles. The summed E-state index contributed by atoms with van der Waals surface area (Å²) in [4.78, 5) is 20.5. The van der Waals surface area contributed by atoms with E-state index in [1.165, 1.54) is 0 Å². The Kier molecular flexibility index (Phi) is 1.71. The van der Waals surface area contributed by atoms with E-state index in [9.17, 15) is 20.2 Å². The second-order valence-electron chi connectivity index (χ2n) is 3.93. The van der Waals surface area contributed by atoms with Crippen LogP contribution in [0.4, 0.5) is 0 Å². The van der Waals surface area contributed by atoms with Gasteiger partial charge in [-0.3, -0.25) is 20.2 Å². The average Bonchev–Trinajstić information content (AvgIpc) is 2.60. The number of rotatable bonds is 2. The van der Waals surface area contributed by atoms with Gasteiger partial charge in [0, 0.05) is 34.5 Å². The van der Waals surface area contributed by atoms with Crippen LogP contribution in [0, 0.1) is 32.1 Å². The molecule has 2 bridgehead atoms. The Bertz CT molecular complexity index is 241. The number of nitro groups is 2. The largest absolute Gasteiger partial charge is 0.264 e. The van der Waals surface area contributed by atoms with Crippen molar-refractivity contribution in [2.45, 2.75) is 31.3 Å². The molecule has 72 valence electrons. The molecule has 0 spiro atoms. The van der Waals surface area contributed by atoms with E-state index in [1.54, 1.807) is 0 Å². The molecule has 6 heteroatoms. The number of nitrogens with zero attached hydrogens (tertiary/aromatic N) is 2. The predicted molar refractivity (Wildman–Crippen MR) is 42.4 cm³/mol. The average molecular weight is 186 g/mol. The van der Waals surface area contributed by atoms with Crippen molar-refractivity contribution >= 4 is 0 Å². The summed E-state index contributed by atoms with van der Waals surface area (Å²) in [6.45, 7) is 0. The molecule has 2 aliphatic rings. The quantitative estimate of drug-likeness (QED) is 0.469. The third kappa shape index (κ3) is 1.16. The summed E-state index contributed by atoms with van der Waals surface area (Å²) in [6.07, 6.45) is 1.49. The van der Waals surface area contributed by atoms with E-state index in [1.807, 2.05) is 0 Å². The highest BCUT2D eigenvalue weighted by Crippen LogP contribution is 2.46. The number of hydrogen-bond donors (Lipinski definition) is 0. The van der Waals surface area contributed by atoms with Gasteiger partial charge in [0.2, 0.25) is 12.1 Å². The van der Waals surface area contributed by atoms with Crippen molar-refractivity contribution in [3.8, 4) is 0 Å². The lowest BCUT2D eigenvalue weighted by atomic mass is 9.92. The van der Waals surface area contributed by atoms with Gasteiger partial charge >= 0.3 is 0 Å². The number of fused-ring (bicyclic) bond motifs is 2. The first-order chi connectivity index (χ1) is 6.09. The van der Waals surface area contributed by atoms with E-state index >= 15 is 0 Å². The molecule has 0 aromatic carbocycles. The van der Waals surface area contributed by atoms with E-state index in [-0.39, 0.29) is 21.7 Å². The van der Waals surface area contributed by atoms with E-state index < -0.39 is 12.1 Å². The van der Waals surface area contributed by atoms with Crippen LogP contribution in [0.5, 0.6) is 0 Å². The first kappa shape index (κ1) is 8.40. The van der Waals surface area contributed by atoms with Crippen molar-refractivity contribution in [2.75, 3.05) is 0 Å². The molecule has 0 heterocycles. The number of hydrogen-bond acceptors (Lipinski definition) is 4. The fraction of sp³-hybridized carbons (Fsp3) is 1.00. The molecule has 0 aliphatic heterocycles. The zero-order chi connectivity index (χ0) is 9.59. The van der Waals surface area contributed by atoms with E-state index in [0.717, 1.165) is 0 Å². The second kappa shape index (κ2) is 2.65. The maximum Gasteiger partial charge on any atom is 0.216 e.